The first-order valence-electron chi connectivity index (χ1n) is 7.48. The van der Waals surface area contributed by atoms with Gasteiger partial charge in [0, 0.05) is 11.4 Å². The first-order valence-corrected chi connectivity index (χ1v) is 7.48. The summed E-state index contributed by atoms with van der Waals surface area (Å²) in [6, 6.07) is 6.35. The molecule has 2 nitrogen and oxygen atoms in total. The monoisotopic (exact) mass is 306 g/mol. The maximum absolute atomic E-state index is 13.0. The van der Waals surface area contributed by atoms with Crippen LogP contribution in [-0.2, 0) is 0 Å². The van der Waals surface area contributed by atoms with Gasteiger partial charge in [-0.1, -0.05) is 27.7 Å². The maximum Gasteiger partial charge on any atom is 0.144 e. The average Bonchev–Trinajstić information content (AvgIpc) is 2.44. The van der Waals surface area contributed by atoms with Crippen LogP contribution in [0.15, 0.2) is 24.3 Å². The molecule has 0 bridgehead atoms. The molecule has 0 fully saturated rings. The molecule has 4 heteroatoms. The smallest absolute Gasteiger partial charge is 0.144 e. The molecule has 0 unspecified atom stereocenters. The van der Waals surface area contributed by atoms with Crippen LogP contribution in [0, 0.1) is 25.5 Å². The van der Waals surface area contributed by atoms with Crippen molar-refractivity contribution in [1.82, 2.24) is 9.97 Å². The van der Waals surface area contributed by atoms with E-state index in [2.05, 4.69) is 9.97 Å². The van der Waals surface area contributed by atoms with Gasteiger partial charge in [0.2, 0.25) is 0 Å². The summed E-state index contributed by atoms with van der Waals surface area (Å²) in [5.74, 6) is 0.101. The Hall–Kier alpha value is -1.84. The minimum atomic E-state index is -0.227. The summed E-state index contributed by atoms with van der Waals surface area (Å²) in [5, 5.41) is 0. The molecule has 0 atom stereocenters. The Morgan fingerprint density at radius 1 is 0.773 bits per heavy atom. The highest BCUT2D eigenvalue weighted by molar-refractivity contribution is 5.15. The van der Waals surface area contributed by atoms with E-state index in [1.807, 2.05) is 34.6 Å². The average molecular weight is 306 g/mol. The summed E-state index contributed by atoms with van der Waals surface area (Å²) in [4.78, 5) is 8.19. The third-order valence-corrected chi connectivity index (χ3v) is 3.19. The molecular formula is C18H24F2N2. The van der Waals surface area contributed by atoms with Gasteiger partial charge in [-0.05, 0) is 49.9 Å². The summed E-state index contributed by atoms with van der Waals surface area (Å²) >= 11 is 0. The molecule has 2 rings (SSSR count). The Morgan fingerprint density at radius 3 is 1.82 bits per heavy atom. The molecule has 0 aliphatic heterocycles. The molecule has 0 spiro atoms. The second-order valence-electron chi connectivity index (χ2n) is 5.93. The maximum atomic E-state index is 13.0. The molecular weight excluding hydrogens is 282 g/mol. The van der Waals surface area contributed by atoms with Gasteiger partial charge >= 0.3 is 0 Å². The zero-order valence-corrected chi connectivity index (χ0v) is 14.1. The normalized spacial score (nSPS) is 10.6. The highest BCUT2D eigenvalue weighted by atomic mass is 19.1. The number of aromatic nitrogens is 2. The molecule has 0 aliphatic carbocycles. The quantitative estimate of drug-likeness (QED) is 0.752. The van der Waals surface area contributed by atoms with E-state index in [1.54, 1.807) is 19.1 Å². The van der Waals surface area contributed by atoms with E-state index in [0.29, 0.717) is 17.3 Å². The van der Waals surface area contributed by atoms with Gasteiger partial charge in [-0.3, -0.25) is 9.97 Å². The molecule has 0 N–H and O–H groups in total. The highest BCUT2D eigenvalue weighted by Gasteiger charge is 2.07. The number of pyridine rings is 2. The number of halogens is 2. The van der Waals surface area contributed by atoms with Gasteiger partial charge in [-0.25, -0.2) is 8.78 Å². The van der Waals surface area contributed by atoms with Gasteiger partial charge in [0.05, 0.1) is 11.4 Å². The Balaban J connectivity index is 0.000000220. The minimum absolute atomic E-state index is 0.162. The molecule has 22 heavy (non-hydrogen) atoms. The molecule has 0 aromatic carbocycles. The Labute approximate surface area is 131 Å². The van der Waals surface area contributed by atoms with Crippen LogP contribution in [0.4, 0.5) is 8.78 Å². The third kappa shape index (κ3) is 5.17. The van der Waals surface area contributed by atoms with Crippen LogP contribution in [0.2, 0.25) is 0 Å². The van der Waals surface area contributed by atoms with Gasteiger partial charge in [0.1, 0.15) is 11.6 Å². The van der Waals surface area contributed by atoms with E-state index < -0.39 is 0 Å². The van der Waals surface area contributed by atoms with E-state index in [9.17, 15) is 8.78 Å². The van der Waals surface area contributed by atoms with Crippen LogP contribution in [0.1, 0.15) is 62.3 Å². The van der Waals surface area contributed by atoms with Crippen LogP contribution < -0.4 is 0 Å². The number of hydrogen-bond donors (Lipinski definition) is 0. The SMILES string of the molecule is Cc1ccc(F)c(C(C)C)n1.Cc1nc(C(C)C)ccc1F. The molecule has 2 aromatic heterocycles. The number of aryl methyl sites for hydroxylation is 2. The standard InChI is InChI=1S/2C9H12FN/c1-6(2)9-5-4-8(10)7(3)11-9;1-6(2)9-8(10)5-4-7(3)11-9/h2*4-6H,1-3H3. The van der Waals surface area contributed by atoms with E-state index in [1.165, 1.54) is 12.1 Å². The molecule has 0 amide bonds. The van der Waals surface area contributed by atoms with Crippen molar-refractivity contribution in [2.75, 3.05) is 0 Å². The second-order valence-corrected chi connectivity index (χ2v) is 5.93. The summed E-state index contributed by atoms with van der Waals surface area (Å²) < 4.78 is 25.7. The predicted molar refractivity (Wildman–Crippen MR) is 86.0 cm³/mol. The third-order valence-electron chi connectivity index (χ3n) is 3.19. The van der Waals surface area contributed by atoms with Crippen molar-refractivity contribution >= 4 is 0 Å². The summed E-state index contributed by atoms with van der Waals surface area (Å²) in [5.41, 5.74) is 2.86. The van der Waals surface area contributed by atoms with E-state index in [0.717, 1.165) is 11.4 Å². The molecule has 2 aromatic rings. The fourth-order valence-electron chi connectivity index (χ4n) is 1.85. The Kier molecular flexibility index (Phi) is 6.60. The Bertz CT molecular complexity index is 622. The van der Waals surface area contributed by atoms with Crippen LogP contribution in [-0.4, -0.2) is 9.97 Å². The van der Waals surface area contributed by atoms with E-state index >= 15 is 0 Å². The van der Waals surface area contributed by atoms with Crippen LogP contribution >= 0.6 is 0 Å². The zero-order chi connectivity index (χ0) is 16.9. The molecule has 0 aliphatic rings. The summed E-state index contributed by atoms with van der Waals surface area (Å²) in [6.07, 6.45) is 0. The van der Waals surface area contributed by atoms with Crippen molar-refractivity contribution in [3.05, 3.63) is 58.7 Å². The lowest BCUT2D eigenvalue weighted by molar-refractivity contribution is 0.583. The molecule has 0 saturated carbocycles. The lowest BCUT2D eigenvalue weighted by Gasteiger charge is -2.05. The van der Waals surface area contributed by atoms with Gasteiger partial charge in [0.15, 0.2) is 0 Å². The number of nitrogens with zero attached hydrogens (tertiary/aromatic N) is 2. The zero-order valence-electron chi connectivity index (χ0n) is 14.1. The van der Waals surface area contributed by atoms with Crippen molar-refractivity contribution in [2.24, 2.45) is 0 Å². The van der Waals surface area contributed by atoms with Crippen LogP contribution in [0.25, 0.3) is 0 Å². The first-order chi connectivity index (χ1) is 10.2. The lowest BCUT2D eigenvalue weighted by Crippen LogP contribution is -1.98. The highest BCUT2D eigenvalue weighted by Crippen LogP contribution is 2.15. The number of rotatable bonds is 2. The van der Waals surface area contributed by atoms with E-state index in [4.69, 9.17) is 0 Å². The fourth-order valence-corrected chi connectivity index (χ4v) is 1.85. The van der Waals surface area contributed by atoms with Crippen molar-refractivity contribution in [1.29, 1.82) is 0 Å². The number of hydrogen-bond acceptors (Lipinski definition) is 2. The molecule has 0 saturated heterocycles. The predicted octanol–water partition coefficient (Wildman–Crippen LogP) is 5.31. The van der Waals surface area contributed by atoms with E-state index in [-0.39, 0.29) is 17.6 Å². The lowest BCUT2D eigenvalue weighted by atomic mass is 10.1. The minimum Gasteiger partial charge on any atom is -0.255 e. The Morgan fingerprint density at radius 2 is 1.36 bits per heavy atom. The van der Waals surface area contributed by atoms with Crippen molar-refractivity contribution in [3.63, 3.8) is 0 Å². The van der Waals surface area contributed by atoms with Crippen molar-refractivity contribution in [3.8, 4) is 0 Å². The van der Waals surface area contributed by atoms with Gasteiger partial charge in [-0.15, -0.1) is 0 Å². The molecule has 120 valence electrons. The van der Waals surface area contributed by atoms with Crippen molar-refractivity contribution < 1.29 is 8.78 Å². The summed E-state index contributed by atoms with van der Waals surface area (Å²) in [6.45, 7) is 11.5. The molecule has 0 radical (unpaired) electrons. The topological polar surface area (TPSA) is 25.8 Å². The van der Waals surface area contributed by atoms with Crippen LogP contribution in [0.3, 0.4) is 0 Å². The van der Waals surface area contributed by atoms with Gasteiger partial charge < -0.3 is 0 Å². The first kappa shape index (κ1) is 18.2. The molecule has 2 heterocycles. The van der Waals surface area contributed by atoms with Gasteiger partial charge in [0.25, 0.3) is 0 Å². The second kappa shape index (κ2) is 7.97. The summed E-state index contributed by atoms with van der Waals surface area (Å²) in [7, 11) is 0. The van der Waals surface area contributed by atoms with Crippen molar-refractivity contribution in [2.45, 2.75) is 53.4 Å². The van der Waals surface area contributed by atoms with Crippen LogP contribution in [0.5, 0.6) is 0 Å². The fraction of sp³-hybridized carbons (Fsp3) is 0.444. The van der Waals surface area contributed by atoms with Gasteiger partial charge in [-0.2, -0.15) is 0 Å². The largest absolute Gasteiger partial charge is 0.255 e.